The van der Waals surface area contributed by atoms with E-state index in [1.165, 1.54) is 0 Å². The molecule has 1 rings (SSSR count). The number of rotatable bonds is 3. The van der Waals surface area contributed by atoms with Gasteiger partial charge in [-0.3, -0.25) is 4.90 Å². The summed E-state index contributed by atoms with van der Waals surface area (Å²) < 4.78 is 0. The van der Waals surface area contributed by atoms with Crippen molar-refractivity contribution in [1.29, 1.82) is 10.5 Å². The molecular weight excluding hydrogens is 186 g/mol. The van der Waals surface area contributed by atoms with Crippen LogP contribution in [0.25, 0.3) is 0 Å². The van der Waals surface area contributed by atoms with Crippen molar-refractivity contribution in [1.82, 2.24) is 4.90 Å². The van der Waals surface area contributed by atoms with Crippen LogP contribution in [0.15, 0.2) is 24.3 Å². The van der Waals surface area contributed by atoms with Crippen LogP contribution >= 0.6 is 0 Å². The maximum atomic E-state index is 8.73. The summed E-state index contributed by atoms with van der Waals surface area (Å²) in [4.78, 5) is 1.96. The molecule has 3 heteroatoms. The molecule has 0 radical (unpaired) electrons. The first-order valence-corrected chi connectivity index (χ1v) is 4.76. The molecule has 1 atom stereocenters. The zero-order valence-corrected chi connectivity index (χ0v) is 8.94. The lowest BCUT2D eigenvalue weighted by atomic mass is 10.1. The van der Waals surface area contributed by atoms with Gasteiger partial charge in [0.05, 0.1) is 23.7 Å². The van der Waals surface area contributed by atoms with Crippen LogP contribution in [-0.2, 0) is 6.54 Å². The van der Waals surface area contributed by atoms with Crippen molar-refractivity contribution in [2.24, 2.45) is 0 Å². The molecule has 0 bridgehead atoms. The third kappa shape index (κ3) is 3.09. The standard InChI is InChI=1S/C12H13N3/c1-10(7-13)15(2)9-12-5-3-11(8-14)4-6-12/h3-6,10H,9H2,1-2H3. The second-order valence-electron chi connectivity index (χ2n) is 3.53. The Morgan fingerprint density at radius 3 is 2.33 bits per heavy atom. The lowest BCUT2D eigenvalue weighted by Gasteiger charge is -2.18. The number of hydrogen-bond donors (Lipinski definition) is 0. The maximum absolute atomic E-state index is 8.73. The van der Waals surface area contributed by atoms with Crippen molar-refractivity contribution in [3.8, 4) is 12.1 Å². The van der Waals surface area contributed by atoms with E-state index in [4.69, 9.17) is 10.5 Å². The van der Waals surface area contributed by atoms with Crippen LogP contribution in [-0.4, -0.2) is 18.0 Å². The number of nitriles is 2. The molecule has 0 aromatic heterocycles. The van der Waals surface area contributed by atoms with Crippen LogP contribution in [0.2, 0.25) is 0 Å². The molecule has 15 heavy (non-hydrogen) atoms. The number of benzene rings is 1. The third-order valence-electron chi connectivity index (χ3n) is 2.36. The molecule has 0 fully saturated rings. The van der Waals surface area contributed by atoms with Crippen LogP contribution in [0.5, 0.6) is 0 Å². The van der Waals surface area contributed by atoms with E-state index in [-0.39, 0.29) is 6.04 Å². The molecule has 1 aromatic rings. The van der Waals surface area contributed by atoms with E-state index in [0.29, 0.717) is 5.56 Å². The summed E-state index contributed by atoms with van der Waals surface area (Å²) in [5.41, 5.74) is 1.77. The Kier molecular flexibility index (Phi) is 3.85. The van der Waals surface area contributed by atoms with Gasteiger partial charge in [0, 0.05) is 6.54 Å². The van der Waals surface area contributed by atoms with Crippen molar-refractivity contribution in [3.05, 3.63) is 35.4 Å². The van der Waals surface area contributed by atoms with E-state index in [1.807, 2.05) is 31.0 Å². The highest BCUT2D eigenvalue weighted by atomic mass is 15.1. The minimum Gasteiger partial charge on any atom is -0.287 e. The van der Waals surface area contributed by atoms with Gasteiger partial charge in [-0.15, -0.1) is 0 Å². The third-order valence-corrected chi connectivity index (χ3v) is 2.36. The first-order valence-electron chi connectivity index (χ1n) is 4.76. The van der Waals surface area contributed by atoms with E-state index in [2.05, 4.69) is 12.1 Å². The highest BCUT2D eigenvalue weighted by Crippen LogP contribution is 2.07. The fourth-order valence-electron chi connectivity index (χ4n) is 1.21. The molecule has 1 unspecified atom stereocenters. The van der Waals surface area contributed by atoms with Gasteiger partial charge < -0.3 is 0 Å². The Morgan fingerprint density at radius 2 is 1.87 bits per heavy atom. The minimum absolute atomic E-state index is 0.0966. The first kappa shape index (κ1) is 11.2. The van der Waals surface area contributed by atoms with Gasteiger partial charge in [-0.1, -0.05) is 12.1 Å². The summed E-state index contributed by atoms with van der Waals surface area (Å²) in [7, 11) is 1.91. The zero-order chi connectivity index (χ0) is 11.3. The molecule has 0 saturated heterocycles. The Hall–Kier alpha value is -1.84. The molecule has 0 saturated carbocycles. The van der Waals surface area contributed by atoms with Crippen LogP contribution in [0.4, 0.5) is 0 Å². The summed E-state index contributed by atoms with van der Waals surface area (Å²) in [5.74, 6) is 0. The Labute approximate surface area is 90.2 Å². The second-order valence-corrected chi connectivity index (χ2v) is 3.53. The quantitative estimate of drug-likeness (QED) is 0.747. The Morgan fingerprint density at radius 1 is 1.27 bits per heavy atom. The summed E-state index contributed by atoms with van der Waals surface area (Å²) >= 11 is 0. The first-order chi connectivity index (χ1) is 7.17. The van der Waals surface area contributed by atoms with E-state index in [9.17, 15) is 0 Å². The van der Waals surface area contributed by atoms with Gasteiger partial charge in [-0.25, -0.2) is 0 Å². The lowest BCUT2D eigenvalue weighted by molar-refractivity contribution is 0.294. The van der Waals surface area contributed by atoms with Crippen molar-refractivity contribution < 1.29 is 0 Å². The van der Waals surface area contributed by atoms with Gasteiger partial charge in [0.15, 0.2) is 0 Å². The minimum atomic E-state index is -0.0966. The summed E-state index contributed by atoms with van der Waals surface area (Å²) in [5, 5.41) is 17.4. The smallest absolute Gasteiger partial charge is 0.0991 e. The molecule has 0 N–H and O–H groups in total. The fourth-order valence-corrected chi connectivity index (χ4v) is 1.21. The number of nitrogens with zero attached hydrogens (tertiary/aromatic N) is 3. The Balaban J connectivity index is 2.67. The van der Waals surface area contributed by atoms with Crippen molar-refractivity contribution in [3.63, 3.8) is 0 Å². The van der Waals surface area contributed by atoms with Crippen molar-refractivity contribution in [2.75, 3.05) is 7.05 Å². The molecule has 1 aromatic carbocycles. The normalized spacial score (nSPS) is 11.8. The van der Waals surface area contributed by atoms with Crippen LogP contribution < -0.4 is 0 Å². The van der Waals surface area contributed by atoms with E-state index in [1.54, 1.807) is 12.1 Å². The van der Waals surface area contributed by atoms with Gasteiger partial charge in [-0.2, -0.15) is 10.5 Å². The predicted octanol–water partition coefficient (Wildman–Crippen LogP) is 1.90. The molecule has 0 aliphatic carbocycles. The maximum Gasteiger partial charge on any atom is 0.0991 e. The topological polar surface area (TPSA) is 50.8 Å². The average molecular weight is 199 g/mol. The van der Waals surface area contributed by atoms with Crippen LogP contribution in [0.3, 0.4) is 0 Å². The van der Waals surface area contributed by atoms with Gasteiger partial charge >= 0.3 is 0 Å². The SMILES string of the molecule is CC(C#N)N(C)Cc1ccc(C#N)cc1. The summed E-state index contributed by atoms with van der Waals surface area (Å²) in [6.45, 7) is 2.59. The summed E-state index contributed by atoms with van der Waals surface area (Å²) in [6, 6.07) is 11.6. The molecular formula is C12H13N3. The Bertz CT molecular complexity index is 394. The van der Waals surface area contributed by atoms with Gasteiger partial charge in [0.25, 0.3) is 0 Å². The molecule has 0 aliphatic heterocycles. The largest absolute Gasteiger partial charge is 0.287 e. The highest BCUT2D eigenvalue weighted by molar-refractivity contribution is 5.31. The van der Waals surface area contributed by atoms with Crippen LogP contribution in [0.1, 0.15) is 18.1 Å². The van der Waals surface area contributed by atoms with Crippen molar-refractivity contribution in [2.45, 2.75) is 19.5 Å². The fraction of sp³-hybridized carbons (Fsp3) is 0.333. The second kappa shape index (κ2) is 5.14. The predicted molar refractivity (Wildman–Crippen MR) is 57.7 cm³/mol. The lowest BCUT2D eigenvalue weighted by Crippen LogP contribution is -2.26. The monoisotopic (exact) mass is 199 g/mol. The number of hydrogen-bond acceptors (Lipinski definition) is 3. The average Bonchev–Trinajstić information content (AvgIpc) is 2.29. The van der Waals surface area contributed by atoms with E-state index < -0.39 is 0 Å². The van der Waals surface area contributed by atoms with Gasteiger partial charge in [0.2, 0.25) is 0 Å². The van der Waals surface area contributed by atoms with Gasteiger partial charge in [0.1, 0.15) is 0 Å². The summed E-state index contributed by atoms with van der Waals surface area (Å²) in [6.07, 6.45) is 0. The molecule has 3 nitrogen and oxygen atoms in total. The van der Waals surface area contributed by atoms with Gasteiger partial charge in [-0.05, 0) is 31.7 Å². The molecule has 0 aliphatic rings. The molecule has 76 valence electrons. The van der Waals surface area contributed by atoms with Crippen molar-refractivity contribution >= 4 is 0 Å². The molecule has 0 amide bonds. The van der Waals surface area contributed by atoms with Crippen LogP contribution in [0, 0.1) is 22.7 Å². The molecule has 0 heterocycles. The van der Waals surface area contributed by atoms with E-state index >= 15 is 0 Å². The highest BCUT2D eigenvalue weighted by Gasteiger charge is 2.07. The zero-order valence-electron chi connectivity index (χ0n) is 8.94. The molecule has 0 spiro atoms. The van der Waals surface area contributed by atoms with E-state index in [0.717, 1.165) is 12.1 Å².